The molecule has 4 aromatic rings. The molecule has 0 unspecified atom stereocenters. The maximum atomic E-state index is 12.9. The van der Waals surface area contributed by atoms with Crippen LogP contribution in [0.1, 0.15) is 62.0 Å². The number of carbonyl (C=O) groups excluding carboxylic acids is 4. The summed E-state index contributed by atoms with van der Waals surface area (Å²) in [4.78, 5) is 52.1. The fourth-order valence-corrected chi connectivity index (χ4v) is 6.14. The van der Waals surface area contributed by atoms with Gasteiger partial charge in [-0.2, -0.15) is 5.10 Å². The molecule has 0 radical (unpaired) electrons. The Morgan fingerprint density at radius 2 is 1.76 bits per heavy atom. The molecule has 0 saturated heterocycles. The highest BCUT2D eigenvalue weighted by molar-refractivity contribution is 7.17. The first-order valence-electron chi connectivity index (χ1n) is 13.6. The smallest absolute Gasteiger partial charge is 0.343 e. The van der Waals surface area contributed by atoms with Gasteiger partial charge in [-0.05, 0) is 74.1 Å². The molecule has 1 aliphatic rings. The highest BCUT2D eigenvalue weighted by Crippen LogP contribution is 2.38. The Morgan fingerprint density at radius 1 is 0.952 bits per heavy atom. The zero-order valence-electron chi connectivity index (χ0n) is 23.2. The lowest BCUT2D eigenvalue weighted by molar-refractivity contribution is -0.136. The summed E-state index contributed by atoms with van der Waals surface area (Å²) in [5, 5.41) is 8.46. The van der Waals surface area contributed by atoms with Gasteiger partial charge in [-0.15, -0.1) is 11.3 Å². The van der Waals surface area contributed by atoms with Crippen molar-refractivity contribution in [3.8, 4) is 5.75 Å². The first kappa shape index (κ1) is 28.7. The normalized spacial score (nSPS) is 12.5. The van der Waals surface area contributed by atoms with Crippen LogP contribution in [0.5, 0.6) is 5.75 Å². The highest BCUT2D eigenvalue weighted by atomic mass is 32.1. The van der Waals surface area contributed by atoms with E-state index in [-0.39, 0.29) is 12.4 Å². The molecule has 3 aromatic carbocycles. The molecular formula is C32H29N3O6S. The maximum Gasteiger partial charge on any atom is 0.343 e. The Balaban J connectivity index is 1.34. The third-order valence-corrected chi connectivity index (χ3v) is 8.04. The van der Waals surface area contributed by atoms with Crippen molar-refractivity contribution in [2.75, 3.05) is 11.9 Å². The molecule has 0 aliphatic heterocycles. The number of benzene rings is 3. The van der Waals surface area contributed by atoms with Gasteiger partial charge in [0.05, 0.1) is 23.9 Å². The van der Waals surface area contributed by atoms with Crippen molar-refractivity contribution >= 4 is 57.1 Å². The van der Waals surface area contributed by atoms with E-state index in [2.05, 4.69) is 15.8 Å². The molecule has 1 heterocycles. The lowest BCUT2D eigenvalue weighted by Gasteiger charge is -2.12. The van der Waals surface area contributed by atoms with Crippen LogP contribution in [0.15, 0.2) is 65.8 Å². The first-order chi connectivity index (χ1) is 20.4. The van der Waals surface area contributed by atoms with E-state index in [1.165, 1.54) is 17.6 Å². The zero-order chi connectivity index (χ0) is 29.6. The van der Waals surface area contributed by atoms with E-state index in [0.29, 0.717) is 28.1 Å². The van der Waals surface area contributed by atoms with Crippen molar-refractivity contribution in [2.24, 2.45) is 5.10 Å². The number of anilines is 1. The summed E-state index contributed by atoms with van der Waals surface area (Å²) in [5.41, 5.74) is 5.20. The van der Waals surface area contributed by atoms with Crippen molar-refractivity contribution in [2.45, 2.75) is 39.5 Å². The quantitative estimate of drug-likeness (QED) is 0.0964. The zero-order valence-corrected chi connectivity index (χ0v) is 24.0. The molecule has 0 bridgehead atoms. The van der Waals surface area contributed by atoms with Crippen molar-refractivity contribution in [3.05, 3.63) is 93.4 Å². The SMILES string of the molecule is CCOC(=O)c1c(NC(=O)C(=O)N/N=C\c2c(OC(=O)c3cccc(C)c3)ccc3ccccc23)sc2c1CCCC2. The van der Waals surface area contributed by atoms with E-state index < -0.39 is 23.8 Å². The molecule has 1 aromatic heterocycles. The van der Waals surface area contributed by atoms with Gasteiger partial charge in [0.2, 0.25) is 0 Å². The summed E-state index contributed by atoms with van der Waals surface area (Å²) in [6, 6.07) is 18.0. The molecule has 2 N–H and O–H groups in total. The molecular weight excluding hydrogens is 554 g/mol. The Morgan fingerprint density at radius 3 is 2.57 bits per heavy atom. The van der Waals surface area contributed by atoms with Crippen LogP contribution in [-0.2, 0) is 27.2 Å². The number of amides is 2. The lowest BCUT2D eigenvalue weighted by Crippen LogP contribution is -2.32. The average Bonchev–Trinajstić information content (AvgIpc) is 3.35. The van der Waals surface area contributed by atoms with Crippen LogP contribution in [0.2, 0.25) is 0 Å². The van der Waals surface area contributed by atoms with Gasteiger partial charge in [-0.3, -0.25) is 9.59 Å². The van der Waals surface area contributed by atoms with E-state index in [0.717, 1.165) is 46.0 Å². The Kier molecular flexibility index (Phi) is 8.73. The van der Waals surface area contributed by atoms with Crippen LogP contribution in [0.25, 0.3) is 10.8 Å². The van der Waals surface area contributed by atoms with Crippen LogP contribution in [-0.4, -0.2) is 36.6 Å². The Bertz CT molecular complexity index is 1720. The number of aryl methyl sites for hydroxylation is 2. The summed E-state index contributed by atoms with van der Waals surface area (Å²) >= 11 is 1.29. The van der Waals surface area contributed by atoms with Crippen LogP contribution in [0.4, 0.5) is 5.00 Å². The number of hydrogen-bond donors (Lipinski definition) is 2. The number of ether oxygens (including phenoxy) is 2. The van der Waals surface area contributed by atoms with Gasteiger partial charge in [0.15, 0.2) is 0 Å². The predicted octanol–water partition coefficient (Wildman–Crippen LogP) is 5.57. The number of thiophene rings is 1. The third-order valence-electron chi connectivity index (χ3n) is 6.83. The number of hydrogen-bond acceptors (Lipinski definition) is 8. The lowest BCUT2D eigenvalue weighted by atomic mass is 9.95. The molecule has 214 valence electrons. The molecule has 0 atom stereocenters. The highest BCUT2D eigenvalue weighted by Gasteiger charge is 2.28. The van der Waals surface area contributed by atoms with Crippen LogP contribution < -0.4 is 15.5 Å². The van der Waals surface area contributed by atoms with Crippen molar-refractivity contribution in [3.63, 3.8) is 0 Å². The minimum Gasteiger partial charge on any atom is -0.462 e. The van der Waals surface area contributed by atoms with Gasteiger partial charge in [0.1, 0.15) is 10.8 Å². The second-order valence-corrected chi connectivity index (χ2v) is 10.9. The Hall–Kier alpha value is -4.83. The Labute approximate surface area is 246 Å². The van der Waals surface area contributed by atoms with Gasteiger partial charge in [-0.25, -0.2) is 15.0 Å². The van der Waals surface area contributed by atoms with Gasteiger partial charge in [0, 0.05) is 10.4 Å². The van der Waals surface area contributed by atoms with Gasteiger partial charge in [-0.1, -0.05) is 48.0 Å². The largest absolute Gasteiger partial charge is 0.462 e. The molecule has 5 rings (SSSR count). The summed E-state index contributed by atoms with van der Waals surface area (Å²) in [6.45, 7) is 3.79. The van der Waals surface area contributed by atoms with Gasteiger partial charge < -0.3 is 14.8 Å². The van der Waals surface area contributed by atoms with Crippen LogP contribution in [0.3, 0.4) is 0 Å². The number of nitrogens with one attached hydrogen (secondary N) is 2. The fraction of sp³-hybridized carbons (Fsp3) is 0.219. The van der Waals surface area contributed by atoms with E-state index in [9.17, 15) is 19.2 Å². The van der Waals surface area contributed by atoms with E-state index >= 15 is 0 Å². The van der Waals surface area contributed by atoms with Crippen LogP contribution >= 0.6 is 11.3 Å². The molecule has 2 amide bonds. The summed E-state index contributed by atoms with van der Waals surface area (Å²) in [5.74, 6) is -2.81. The van der Waals surface area contributed by atoms with Crippen LogP contribution in [0, 0.1) is 6.92 Å². The second-order valence-electron chi connectivity index (χ2n) is 9.75. The molecule has 1 aliphatic carbocycles. The molecule has 0 spiro atoms. The number of carbonyl (C=O) groups is 4. The average molecular weight is 584 g/mol. The minimum atomic E-state index is -1.02. The van der Waals surface area contributed by atoms with E-state index in [4.69, 9.17) is 9.47 Å². The van der Waals surface area contributed by atoms with E-state index in [1.807, 2.05) is 43.3 Å². The third kappa shape index (κ3) is 6.23. The predicted molar refractivity (Wildman–Crippen MR) is 161 cm³/mol. The number of nitrogens with zero attached hydrogens (tertiary/aromatic N) is 1. The maximum absolute atomic E-state index is 12.9. The minimum absolute atomic E-state index is 0.197. The number of hydrazone groups is 1. The van der Waals surface area contributed by atoms with Gasteiger partial charge >= 0.3 is 23.8 Å². The monoisotopic (exact) mass is 583 g/mol. The van der Waals surface area contributed by atoms with Crippen molar-refractivity contribution in [1.29, 1.82) is 0 Å². The molecule has 9 nitrogen and oxygen atoms in total. The standard InChI is InChI=1S/C32H29N3O6S/c1-3-40-32(39)27-23-13-6-7-14-26(23)42-30(27)34-28(36)29(37)35-33-18-24-22-12-5-4-10-20(22)15-16-25(24)41-31(38)21-11-8-9-19(2)17-21/h4-5,8-12,15-18H,3,6-7,13-14H2,1-2H3,(H,34,36)(H,35,37)/b33-18-. The number of esters is 2. The van der Waals surface area contributed by atoms with Crippen molar-refractivity contribution in [1.82, 2.24) is 5.43 Å². The fourth-order valence-electron chi connectivity index (χ4n) is 4.87. The summed E-state index contributed by atoms with van der Waals surface area (Å²) < 4.78 is 10.9. The van der Waals surface area contributed by atoms with Gasteiger partial charge in [0.25, 0.3) is 0 Å². The number of rotatable bonds is 7. The second kappa shape index (κ2) is 12.8. The molecule has 42 heavy (non-hydrogen) atoms. The molecule has 10 heteroatoms. The molecule has 0 fully saturated rings. The molecule has 0 saturated carbocycles. The summed E-state index contributed by atoms with van der Waals surface area (Å²) in [7, 11) is 0. The first-order valence-corrected chi connectivity index (χ1v) is 14.4. The number of fused-ring (bicyclic) bond motifs is 2. The summed E-state index contributed by atoms with van der Waals surface area (Å²) in [6.07, 6.45) is 4.79. The van der Waals surface area contributed by atoms with Crippen molar-refractivity contribution < 1.29 is 28.7 Å². The topological polar surface area (TPSA) is 123 Å². The van der Waals surface area contributed by atoms with E-state index in [1.54, 1.807) is 31.2 Å².